The molecule has 0 aliphatic heterocycles. The fourth-order valence-electron chi connectivity index (χ4n) is 3.39. The third-order valence-corrected chi connectivity index (χ3v) is 5.14. The number of carbonyl (C=O) groups is 1. The number of nitrogens with two attached hydrogens (primary N) is 1. The van der Waals surface area contributed by atoms with Crippen molar-refractivity contribution in [2.75, 3.05) is 0 Å². The van der Waals surface area contributed by atoms with Crippen LogP contribution < -0.4 is 16.9 Å². The molecule has 2 aromatic heterocycles. The third-order valence-electron chi connectivity index (χ3n) is 5.14. The lowest BCUT2D eigenvalue weighted by atomic mass is 10.0. The number of pyridine rings is 2. The van der Waals surface area contributed by atoms with Gasteiger partial charge < -0.3 is 15.9 Å². The Morgan fingerprint density at radius 3 is 2.16 bits per heavy atom. The van der Waals surface area contributed by atoms with Crippen LogP contribution in [-0.2, 0) is 13.1 Å². The Morgan fingerprint density at radius 1 is 1.03 bits per heavy atom. The number of allylic oxidation sites excluding steroid dienone is 2. The standard InChI is InChI=1S/C23H24N4O5/c1-5-26-20(29)15(13(3)17(12-24)22(26)31)10-8-7-9-11-16-14(4)18(19(25)28)23(32)27(6-2)21(16)30/h7-8,10-11,29,32H,5-6H2,1-4H3,(H2,25,28). The Bertz CT molecular complexity index is 1350. The first-order valence-electron chi connectivity index (χ1n) is 9.83. The van der Waals surface area contributed by atoms with E-state index in [0.29, 0.717) is 11.1 Å². The molecule has 2 heterocycles. The van der Waals surface area contributed by atoms with E-state index in [1.165, 1.54) is 31.2 Å². The van der Waals surface area contributed by atoms with E-state index in [9.17, 15) is 29.9 Å². The summed E-state index contributed by atoms with van der Waals surface area (Å²) in [5, 5.41) is 29.8. The number of carbonyl (C=O) groups excluding carboxylic acids is 1. The second-order valence-corrected chi connectivity index (χ2v) is 6.89. The van der Waals surface area contributed by atoms with Gasteiger partial charge >= 0.3 is 0 Å². The molecular formula is C23H24N4O5. The molecule has 0 bridgehead atoms. The van der Waals surface area contributed by atoms with E-state index in [4.69, 9.17) is 5.73 Å². The first-order chi connectivity index (χ1) is 15.1. The Hall–Kier alpha value is -4.28. The summed E-state index contributed by atoms with van der Waals surface area (Å²) in [6.07, 6.45) is 5.85. The monoisotopic (exact) mass is 436 g/mol. The fraction of sp³-hybridized carbons (Fsp3) is 0.261. The summed E-state index contributed by atoms with van der Waals surface area (Å²) in [5.74, 6) is -1.59. The van der Waals surface area contributed by atoms with Crippen molar-refractivity contribution in [1.82, 2.24) is 9.13 Å². The predicted molar refractivity (Wildman–Crippen MR) is 120 cm³/mol. The molecule has 0 aliphatic rings. The van der Waals surface area contributed by atoms with Gasteiger partial charge in [0.2, 0.25) is 11.8 Å². The number of hydrogen-bond acceptors (Lipinski definition) is 6. The lowest BCUT2D eigenvalue weighted by Crippen LogP contribution is -2.27. The number of nitrogens with zero attached hydrogens (tertiary/aromatic N) is 3. The Morgan fingerprint density at radius 2 is 1.62 bits per heavy atom. The van der Waals surface area contributed by atoms with Gasteiger partial charge in [-0.2, -0.15) is 5.26 Å². The van der Waals surface area contributed by atoms with Crippen molar-refractivity contribution >= 4 is 18.1 Å². The molecule has 4 N–H and O–H groups in total. The fourth-order valence-corrected chi connectivity index (χ4v) is 3.39. The maximum absolute atomic E-state index is 12.6. The van der Waals surface area contributed by atoms with Gasteiger partial charge in [-0.1, -0.05) is 6.08 Å². The second-order valence-electron chi connectivity index (χ2n) is 6.89. The van der Waals surface area contributed by atoms with Crippen molar-refractivity contribution in [1.29, 1.82) is 5.26 Å². The van der Waals surface area contributed by atoms with Gasteiger partial charge in [-0.25, -0.2) is 0 Å². The van der Waals surface area contributed by atoms with Gasteiger partial charge in [0.05, 0.1) is 5.56 Å². The summed E-state index contributed by atoms with van der Waals surface area (Å²) < 4.78 is 2.14. The first kappa shape index (κ1) is 24.0. The zero-order chi connectivity index (χ0) is 24.2. The molecule has 32 heavy (non-hydrogen) atoms. The first-order valence-corrected chi connectivity index (χ1v) is 9.83. The molecule has 0 saturated heterocycles. The van der Waals surface area contributed by atoms with Crippen LogP contribution >= 0.6 is 0 Å². The summed E-state index contributed by atoms with van der Waals surface area (Å²) in [7, 11) is 0. The quantitative estimate of drug-likeness (QED) is 0.465. The molecule has 2 aromatic rings. The average Bonchev–Trinajstić information content (AvgIpc) is 2.72. The number of rotatable bonds is 6. The molecule has 0 spiro atoms. The van der Waals surface area contributed by atoms with Crippen LogP contribution in [0.1, 0.15) is 52.0 Å². The highest BCUT2D eigenvalue weighted by molar-refractivity contribution is 5.97. The van der Waals surface area contributed by atoms with E-state index in [2.05, 4.69) is 5.73 Å². The molecule has 9 heteroatoms. The highest BCUT2D eigenvalue weighted by Crippen LogP contribution is 2.23. The van der Waals surface area contributed by atoms with Gasteiger partial charge in [-0.3, -0.25) is 23.5 Å². The van der Waals surface area contributed by atoms with Crippen LogP contribution in [0.4, 0.5) is 0 Å². The van der Waals surface area contributed by atoms with Crippen molar-refractivity contribution < 1.29 is 15.0 Å². The van der Waals surface area contributed by atoms with E-state index < -0.39 is 22.9 Å². The number of hydrogen-bond donors (Lipinski definition) is 3. The zero-order valence-corrected chi connectivity index (χ0v) is 18.3. The molecule has 0 unspecified atom stereocenters. The van der Waals surface area contributed by atoms with Crippen LogP contribution in [-0.4, -0.2) is 25.3 Å². The SMILES string of the molecule is CCn1c(O)c(C=CC=C=Cc2c(C)c(C(N)=O)c(O)n(CC)c2=O)c(C)c(C#N)c1=O. The predicted octanol–water partition coefficient (Wildman–Crippen LogP) is 1.93. The number of primary amides is 1. The maximum Gasteiger partial charge on any atom is 0.271 e. The van der Waals surface area contributed by atoms with Crippen LogP contribution in [0.5, 0.6) is 11.8 Å². The summed E-state index contributed by atoms with van der Waals surface area (Å²) in [5.41, 5.74) is 7.93. The molecule has 9 nitrogen and oxygen atoms in total. The molecule has 166 valence electrons. The van der Waals surface area contributed by atoms with E-state index >= 15 is 0 Å². The molecule has 1 amide bonds. The molecule has 0 saturated carbocycles. The lowest BCUT2D eigenvalue weighted by molar-refractivity contribution is 0.0995. The summed E-state index contributed by atoms with van der Waals surface area (Å²) in [6, 6.07) is 1.87. The third kappa shape index (κ3) is 4.13. The largest absolute Gasteiger partial charge is 0.494 e. The van der Waals surface area contributed by atoms with Gasteiger partial charge in [0.25, 0.3) is 17.0 Å². The van der Waals surface area contributed by atoms with E-state index in [1.54, 1.807) is 20.8 Å². The van der Waals surface area contributed by atoms with Crippen LogP contribution in [0.2, 0.25) is 0 Å². The van der Waals surface area contributed by atoms with Crippen LogP contribution in [0, 0.1) is 25.2 Å². The Labute approximate surface area is 184 Å². The van der Waals surface area contributed by atoms with Crippen molar-refractivity contribution in [2.45, 2.75) is 40.8 Å². The van der Waals surface area contributed by atoms with Crippen molar-refractivity contribution in [2.24, 2.45) is 5.73 Å². The molecule has 0 radical (unpaired) electrons. The van der Waals surface area contributed by atoms with Gasteiger partial charge in [-0.15, -0.1) is 5.73 Å². The normalized spacial score (nSPS) is 10.6. The molecule has 2 rings (SSSR count). The van der Waals surface area contributed by atoms with Crippen LogP contribution in [0.3, 0.4) is 0 Å². The Balaban J connectivity index is 2.57. The van der Waals surface area contributed by atoms with Crippen molar-refractivity contribution in [3.05, 3.63) is 72.0 Å². The van der Waals surface area contributed by atoms with Gasteiger partial charge in [-0.05, 0) is 57.0 Å². The van der Waals surface area contributed by atoms with Crippen LogP contribution in [0.15, 0.2) is 27.5 Å². The van der Waals surface area contributed by atoms with E-state index in [-0.39, 0.29) is 41.2 Å². The van der Waals surface area contributed by atoms with Crippen molar-refractivity contribution in [3.63, 3.8) is 0 Å². The summed E-state index contributed by atoms with van der Waals surface area (Å²) >= 11 is 0. The molecule has 0 aliphatic carbocycles. The highest BCUT2D eigenvalue weighted by atomic mass is 16.3. The van der Waals surface area contributed by atoms with Gasteiger partial charge in [0.1, 0.15) is 17.2 Å². The molecular weight excluding hydrogens is 412 g/mol. The molecule has 0 atom stereocenters. The topological polar surface area (TPSA) is 151 Å². The van der Waals surface area contributed by atoms with E-state index in [1.807, 2.05) is 6.07 Å². The minimum Gasteiger partial charge on any atom is -0.494 e. The number of amides is 1. The Kier molecular flexibility index (Phi) is 7.26. The van der Waals surface area contributed by atoms with Gasteiger partial charge in [0, 0.05) is 18.7 Å². The number of aromatic nitrogens is 2. The van der Waals surface area contributed by atoms with Crippen LogP contribution in [0.25, 0.3) is 12.2 Å². The molecule has 0 aromatic carbocycles. The second kappa shape index (κ2) is 9.69. The smallest absolute Gasteiger partial charge is 0.271 e. The minimum atomic E-state index is -0.856. The summed E-state index contributed by atoms with van der Waals surface area (Å²) in [6.45, 7) is 6.73. The molecule has 0 fully saturated rings. The van der Waals surface area contributed by atoms with E-state index in [0.717, 1.165) is 9.13 Å². The van der Waals surface area contributed by atoms with Crippen molar-refractivity contribution in [3.8, 4) is 17.8 Å². The number of aromatic hydroxyl groups is 2. The highest BCUT2D eigenvalue weighted by Gasteiger charge is 2.20. The average molecular weight is 436 g/mol. The lowest BCUT2D eigenvalue weighted by Gasteiger charge is -2.13. The van der Waals surface area contributed by atoms with Gasteiger partial charge in [0.15, 0.2) is 0 Å². The zero-order valence-electron chi connectivity index (χ0n) is 18.3. The number of nitriles is 1. The minimum absolute atomic E-state index is 0.0531. The summed E-state index contributed by atoms with van der Waals surface area (Å²) in [4.78, 5) is 36.6. The maximum atomic E-state index is 12.6.